The third-order valence-electron chi connectivity index (χ3n) is 3.95. The van der Waals surface area contributed by atoms with E-state index in [9.17, 15) is 4.39 Å². The second kappa shape index (κ2) is 6.27. The van der Waals surface area contributed by atoms with Crippen LogP contribution in [0, 0.1) is 11.8 Å². The molecule has 20 heavy (non-hydrogen) atoms. The number of nitrogens with two attached hydrogens (primary N) is 1. The van der Waals surface area contributed by atoms with Crippen LogP contribution in [0.5, 0.6) is 0 Å². The highest BCUT2D eigenvalue weighted by Gasteiger charge is 2.28. The van der Waals surface area contributed by atoms with Gasteiger partial charge in [0.05, 0.1) is 5.69 Å². The summed E-state index contributed by atoms with van der Waals surface area (Å²) in [5, 5.41) is 0. The number of nitrogens with zero attached hydrogens (tertiary/aromatic N) is 2. The number of allylic oxidation sites excluding steroid dienone is 2. The topological polar surface area (TPSA) is 51.8 Å². The molecular formula is C16H22FN3. The summed E-state index contributed by atoms with van der Waals surface area (Å²) >= 11 is 0. The fraction of sp³-hybridized carbons (Fsp3) is 0.500. The molecule has 1 aromatic rings. The van der Waals surface area contributed by atoms with Gasteiger partial charge in [-0.25, -0.2) is 9.37 Å². The van der Waals surface area contributed by atoms with Gasteiger partial charge in [0.1, 0.15) is 11.5 Å². The third-order valence-corrected chi connectivity index (χ3v) is 3.95. The van der Waals surface area contributed by atoms with Crippen molar-refractivity contribution in [3.05, 3.63) is 36.4 Å². The molecule has 1 fully saturated rings. The van der Waals surface area contributed by atoms with Crippen LogP contribution < -0.4 is 5.73 Å². The standard InChI is InChI=1S/C16H22FN3/c1-4-14(17)16-15(19-5-6-20-16)11(3)12-7-10(2)8-13(18)9-12/h4-6,10,12-13H,3,7-9,18H2,1-2H3/b14-4+/t10-,12+,13-/m1/s1. The van der Waals surface area contributed by atoms with E-state index in [1.807, 2.05) is 0 Å². The Morgan fingerprint density at radius 1 is 1.30 bits per heavy atom. The molecule has 0 saturated heterocycles. The minimum Gasteiger partial charge on any atom is -0.328 e. The van der Waals surface area contributed by atoms with Crippen molar-refractivity contribution in [2.75, 3.05) is 0 Å². The van der Waals surface area contributed by atoms with Crippen LogP contribution in [-0.2, 0) is 0 Å². The zero-order valence-electron chi connectivity index (χ0n) is 12.1. The summed E-state index contributed by atoms with van der Waals surface area (Å²) in [6.45, 7) is 7.99. The Morgan fingerprint density at radius 3 is 2.55 bits per heavy atom. The molecule has 0 aromatic carbocycles. The van der Waals surface area contributed by atoms with Crippen molar-refractivity contribution in [1.82, 2.24) is 9.97 Å². The van der Waals surface area contributed by atoms with Crippen molar-refractivity contribution in [2.45, 2.75) is 39.2 Å². The van der Waals surface area contributed by atoms with Gasteiger partial charge in [-0.2, -0.15) is 0 Å². The van der Waals surface area contributed by atoms with E-state index in [1.54, 1.807) is 13.1 Å². The molecule has 1 saturated carbocycles. The van der Waals surface area contributed by atoms with Crippen molar-refractivity contribution in [1.29, 1.82) is 0 Å². The maximum Gasteiger partial charge on any atom is 0.146 e. The number of hydrogen-bond donors (Lipinski definition) is 1. The first-order valence-corrected chi connectivity index (χ1v) is 7.10. The average molecular weight is 275 g/mol. The quantitative estimate of drug-likeness (QED) is 0.917. The molecule has 1 aliphatic rings. The highest BCUT2D eigenvalue weighted by molar-refractivity contribution is 5.72. The fourth-order valence-corrected chi connectivity index (χ4v) is 3.02. The molecule has 0 spiro atoms. The lowest BCUT2D eigenvalue weighted by atomic mass is 9.75. The van der Waals surface area contributed by atoms with Gasteiger partial charge >= 0.3 is 0 Å². The Hall–Kier alpha value is -1.55. The molecule has 1 aliphatic carbocycles. The van der Waals surface area contributed by atoms with Crippen LogP contribution in [-0.4, -0.2) is 16.0 Å². The van der Waals surface area contributed by atoms with E-state index in [4.69, 9.17) is 5.73 Å². The second-order valence-electron chi connectivity index (χ2n) is 5.68. The van der Waals surface area contributed by atoms with Crippen molar-refractivity contribution in [3.8, 4) is 0 Å². The van der Waals surface area contributed by atoms with Crippen LogP contribution in [0.15, 0.2) is 25.0 Å². The zero-order valence-corrected chi connectivity index (χ0v) is 12.1. The lowest BCUT2D eigenvalue weighted by Crippen LogP contribution is -2.32. The third kappa shape index (κ3) is 3.12. The molecule has 1 aromatic heterocycles. The Kier molecular flexibility index (Phi) is 4.65. The average Bonchev–Trinajstić information content (AvgIpc) is 2.44. The first-order chi connectivity index (χ1) is 9.52. The maximum atomic E-state index is 13.9. The minimum atomic E-state index is -0.359. The van der Waals surface area contributed by atoms with Gasteiger partial charge in [-0.3, -0.25) is 4.98 Å². The van der Waals surface area contributed by atoms with E-state index in [2.05, 4.69) is 23.5 Å². The van der Waals surface area contributed by atoms with E-state index >= 15 is 0 Å². The molecular weight excluding hydrogens is 253 g/mol. The van der Waals surface area contributed by atoms with Crippen molar-refractivity contribution >= 4 is 11.4 Å². The highest BCUT2D eigenvalue weighted by Crippen LogP contribution is 2.37. The van der Waals surface area contributed by atoms with Crippen molar-refractivity contribution < 1.29 is 4.39 Å². The van der Waals surface area contributed by atoms with Crippen LogP contribution in [0.3, 0.4) is 0 Å². The summed E-state index contributed by atoms with van der Waals surface area (Å²) in [4.78, 5) is 8.39. The molecule has 4 heteroatoms. The first kappa shape index (κ1) is 14.9. The second-order valence-corrected chi connectivity index (χ2v) is 5.68. The summed E-state index contributed by atoms with van der Waals surface area (Å²) in [6, 6.07) is 0.187. The predicted molar refractivity (Wildman–Crippen MR) is 80.3 cm³/mol. The smallest absolute Gasteiger partial charge is 0.146 e. The predicted octanol–water partition coefficient (Wildman–Crippen LogP) is 3.58. The summed E-state index contributed by atoms with van der Waals surface area (Å²) in [5.41, 5.74) is 7.79. The lowest BCUT2D eigenvalue weighted by molar-refractivity contribution is 0.297. The van der Waals surface area contributed by atoms with Gasteiger partial charge < -0.3 is 5.73 Å². The van der Waals surface area contributed by atoms with E-state index in [0.29, 0.717) is 11.6 Å². The Bertz CT molecular complexity index is 514. The molecule has 3 nitrogen and oxygen atoms in total. The number of rotatable bonds is 3. The zero-order chi connectivity index (χ0) is 14.7. The molecule has 0 unspecified atom stereocenters. The van der Waals surface area contributed by atoms with Gasteiger partial charge in [0.2, 0.25) is 0 Å². The van der Waals surface area contributed by atoms with Gasteiger partial charge in [-0.05, 0) is 49.7 Å². The maximum absolute atomic E-state index is 13.9. The van der Waals surface area contributed by atoms with Crippen LogP contribution >= 0.6 is 0 Å². The monoisotopic (exact) mass is 275 g/mol. The minimum absolute atomic E-state index is 0.187. The highest BCUT2D eigenvalue weighted by atomic mass is 19.1. The van der Waals surface area contributed by atoms with E-state index in [-0.39, 0.29) is 23.5 Å². The Labute approximate surface area is 119 Å². The van der Waals surface area contributed by atoms with E-state index in [1.165, 1.54) is 12.3 Å². The van der Waals surface area contributed by atoms with Gasteiger partial charge in [-0.15, -0.1) is 0 Å². The van der Waals surface area contributed by atoms with Crippen LogP contribution in [0.25, 0.3) is 11.4 Å². The van der Waals surface area contributed by atoms with Gasteiger partial charge in [0.15, 0.2) is 0 Å². The molecule has 2 N–H and O–H groups in total. The van der Waals surface area contributed by atoms with Crippen LogP contribution in [0.1, 0.15) is 44.5 Å². The van der Waals surface area contributed by atoms with E-state index in [0.717, 1.165) is 24.8 Å². The number of aromatic nitrogens is 2. The molecule has 0 aliphatic heterocycles. The normalized spacial score (nSPS) is 27.4. The molecule has 0 bridgehead atoms. The molecule has 3 atom stereocenters. The Morgan fingerprint density at radius 2 is 1.95 bits per heavy atom. The molecule has 2 rings (SSSR count). The van der Waals surface area contributed by atoms with Crippen molar-refractivity contribution in [3.63, 3.8) is 0 Å². The molecule has 0 radical (unpaired) electrons. The summed E-state index contributed by atoms with van der Waals surface area (Å²) < 4.78 is 13.9. The first-order valence-electron chi connectivity index (χ1n) is 7.10. The van der Waals surface area contributed by atoms with E-state index < -0.39 is 0 Å². The fourth-order valence-electron chi connectivity index (χ4n) is 3.02. The van der Waals surface area contributed by atoms with Gasteiger partial charge in [0, 0.05) is 18.4 Å². The summed E-state index contributed by atoms with van der Waals surface area (Å²) in [7, 11) is 0. The van der Waals surface area contributed by atoms with Gasteiger partial charge in [-0.1, -0.05) is 13.5 Å². The Balaban J connectivity index is 2.29. The SMILES string of the molecule is C=C(c1nccnc1/C(F)=C\C)[C@H]1C[C@@H](C)C[C@@H](N)C1. The molecule has 0 amide bonds. The largest absolute Gasteiger partial charge is 0.328 e. The summed E-state index contributed by atoms with van der Waals surface area (Å²) in [6.07, 6.45) is 7.44. The number of hydrogen-bond acceptors (Lipinski definition) is 3. The number of halogens is 1. The molecule has 1 heterocycles. The lowest BCUT2D eigenvalue weighted by Gasteiger charge is -2.32. The van der Waals surface area contributed by atoms with Crippen LogP contribution in [0.4, 0.5) is 4.39 Å². The van der Waals surface area contributed by atoms with Crippen molar-refractivity contribution in [2.24, 2.45) is 17.6 Å². The van der Waals surface area contributed by atoms with Gasteiger partial charge in [0.25, 0.3) is 0 Å². The molecule has 108 valence electrons. The summed E-state index contributed by atoms with van der Waals surface area (Å²) in [5.74, 6) is 0.462. The van der Waals surface area contributed by atoms with Crippen LogP contribution in [0.2, 0.25) is 0 Å².